The average Bonchev–Trinajstić information content (AvgIpc) is 2.28. The van der Waals surface area contributed by atoms with Crippen molar-refractivity contribution in [2.45, 2.75) is 12.8 Å². The zero-order chi connectivity index (χ0) is 13.0. The van der Waals surface area contributed by atoms with Gasteiger partial charge in [-0.1, -0.05) is 0 Å². The zero-order valence-electron chi connectivity index (χ0n) is 9.44. The summed E-state index contributed by atoms with van der Waals surface area (Å²) >= 11 is 0. The molecule has 0 amide bonds. The number of hydrogen-bond donors (Lipinski definition) is 0. The van der Waals surface area contributed by atoms with Gasteiger partial charge in [0.2, 0.25) is 11.9 Å². The zero-order valence-corrected chi connectivity index (χ0v) is 9.44. The molecule has 0 atom stereocenters. The molecule has 0 N–H and O–H groups in total. The SMILES string of the molecule is O=C(Cc1ccnc(F)c1)Cc1ccnc(F)c1. The molecule has 0 bridgehead atoms. The third-order valence-electron chi connectivity index (χ3n) is 2.38. The summed E-state index contributed by atoms with van der Waals surface area (Å²) in [6.45, 7) is 0. The normalized spacial score (nSPS) is 10.3. The molecule has 3 nitrogen and oxygen atoms in total. The highest BCUT2D eigenvalue weighted by atomic mass is 19.1. The van der Waals surface area contributed by atoms with Gasteiger partial charge in [0.15, 0.2) is 0 Å². The van der Waals surface area contributed by atoms with Crippen LogP contribution in [0.2, 0.25) is 0 Å². The van der Waals surface area contributed by atoms with Gasteiger partial charge in [-0.25, -0.2) is 9.97 Å². The van der Waals surface area contributed by atoms with Gasteiger partial charge in [0, 0.05) is 25.2 Å². The number of pyridine rings is 2. The lowest BCUT2D eigenvalue weighted by Crippen LogP contribution is -2.07. The van der Waals surface area contributed by atoms with Crippen LogP contribution in [0.1, 0.15) is 11.1 Å². The number of hydrogen-bond acceptors (Lipinski definition) is 3. The lowest BCUT2D eigenvalue weighted by Gasteiger charge is -2.02. The maximum Gasteiger partial charge on any atom is 0.213 e. The van der Waals surface area contributed by atoms with Crippen LogP contribution in [0.3, 0.4) is 0 Å². The van der Waals surface area contributed by atoms with Crippen molar-refractivity contribution in [1.82, 2.24) is 9.97 Å². The minimum atomic E-state index is -0.616. The summed E-state index contributed by atoms with van der Waals surface area (Å²) < 4.78 is 25.6. The van der Waals surface area contributed by atoms with E-state index in [1.807, 2.05) is 0 Å². The Balaban J connectivity index is 2.01. The van der Waals surface area contributed by atoms with Crippen molar-refractivity contribution in [3.63, 3.8) is 0 Å². The highest BCUT2D eigenvalue weighted by Crippen LogP contribution is 2.07. The van der Waals surface area contributed by atoms with E-state index in [1.165, 1.54) is 24.5 Å². The second-order valence-corrected chi connectivity index (χ2v) is 3.87. The number of ketones is 1. The van der Waals surface area contributed by atoms with Crippen LogP contribution in [0.4, 0.5) is 8.78 Å². The molecule has 0 aliphatic rings. The Morgan fingerprint density at radius 3 is 1.78 bits per heavy atom. The van der Waals surface area contributed by atoms with Crippen molar-refractivity contribution in [3.8, 4) is 0 Å². The van der Waals surface area contributed by atoms with Crippen molar-refractivity contribution >= 4 is 5.78 Å². The number of nitrogens with zero attached hydrogens (tertiary/aromatic N) is 2. The molecule has 0 saturated carbocycles. The second-order valence-electron chi connectivity index (χ2n) is 3.87. The van der Waals surface area contributed by atoms with Gasteiger partial charge in [-0.3, -0.25) is 4.79 Å². The summed E-state index contributed by atoms with van der Waals surface area (Å²) in [4.78, 5) is 18.5. The number of carbonyl (C=O) groups excluding carboxylic acids is 1. The molecule has 0 spiro atoms. The van der Waals surface area contributed by atoms with Crippen molar-refractivity contribution in [1.29, 1.82) is 0 Å². The van der Waals surface area contributed by atoms with E-state index >= 15 is 0 Å². The third-order valence-corrected chi connectivity index (χ3v) is 2.38. The van der Waals surface area contributed by atoms with Gasteiger partial charge in [0.25, 0.3) is 0 Å². The predicted molar refractivity (Wildman–Crippen MR) is 60.8 cm³/mol. The summed E-state index contributed by atoms with van der Waals surface area (Å²) in [7, 11) is 0. The van der Waals surface area contributed by atoms with E-state index in [1.54, 1.807) is 12.1 Å². The number of Topliss-reactive ketones (excluding diaryl/α,β-unsaturated/α-hetero) is 1. The summed E-state index contributed by atoms with van der Waals surface area (Å²) in [5.74, 6) is -1.35. The Labute approximate surface area is 103 Å². The fourth-order valence-electron chi connectivity index (χ4n) is 1.62. The number of halogens is 2. The molecular weight excluding hydrogens is 238 g/mol. The number of carbonyl (C=O) groups is 1. The van der Waals surface area contributed by atoms with E-state index in [-0.39, 0.29) is 18.6 Å². The van der Waals surface area contributed by atoms with E-state index in [0.29, 0.717) is 11.1 Å². The van der Waals surface area contributed by atoms with Gasteiger partial charge >= 0.3 is 0 Å². The molecule has 92 valence electrons. The second kappa shape index (κ2) is 5.44. The van der Waals surface area contributed by atoms with Gasteiger partial charge in [-0.15, -0.1) is 0 Å². The molecule has 18 heavy (non-hydrogen) atoms. The van der Waals surface area contributed by atoms with E-state index in [2.05, 4.69) is 9.97 Å². The molecule has 0 aromatic carbocycles. The molecule has 0 fully saturated rings. The quantitative estimate of drug-likeness (QED) is 0.778. The molecule has 0 saturated heterocycles. The predicted octanol–water partition coefficient (Wildman–Crippen LogP) is 2.11. The fraction of sp³-hybridized carbons (Fsp3) is 0.154. The molecule has 2 rings (SSSR count). The van der Waals surface area contributed by atoms with E-state index in [4.69, 9.17) is 0 Å². The monoisotopic (exact) mass is 248 g/mol. The lowest BCUT2D eigenvalue weighted by atomic mass is 10.0. The molecule has 2 aromatic rings. The smallest absolute Gasteiger partial charge is 0.213 e. The van der Waals surface area contributed by atoms with Crippen LogP contribution in [0.25, 0.3) is 0 Å². The van der Waals surface area contributed by atoms with Gasteiger partial charge in [0.05, 0.1) is 0 Å². The first-order valence-corrected chi connectivity index (χ1v) is 5.36. The van der Waals surface area contributed by atoms with E-state index in [9.17, 15) is 13.6 Å². The first-order chi connectivity index (χ1) is 8.63. The first kappa shape index (κ1) is 12.3. The summed E-state index contributed by atoms with van der Waals surface area (Å²) in [5.41, 5.74) is 1.11. The Kier molecular flexibility index (Phi) is 3.72. The highest BCUT2D eigenvalue weighted by Gasteiger charge is 2.07. The molecule has 0 aliphatic carbocycles. The average molecular weight is 248 g/mol. The summed E-state index contributed by atoms with van der Waals surface area (Å²) in [6, 6.07) is 5.58. The fourth-order valence-corrected chi connectivity index (χ4v) is 1.62. The first-order valence-electron chi connectivity index (χ1n) is 5.36. The van der Waals surface area contributed by atoms with Crippen LogP contribution in [0, 0.1) is 11.9 Å². The largest absolute Gasteiger partial charge is 0.299 e. The van der Waals surface area contributed by atoms with Crippen molar-refractivity contribution in [2.75, 3.05) is 0 Å². The number of aromatic nitrogens is 2. The Bertz CT molecular complexity index is 523. The molecule has 2 aromatic heterocycles. The minimum absolute atomic E-state index is 0.101. The maximum atomic E-state index is 12.8. The molecular formula is C13H10F2N2O. The van der Waals surface area contributed by atoms with Gasteiger partial charge in [-0.2, -0.15) is 8.78 Å². The van der Waals surface area contributed by atoms with Crippen LogP contribution < -0.4 is 0 Å². The highest BCUT2D eigenvalue weighted by molar-refractivity contribution is 5.83. The molecule has 0 aliphatic heterocycles. The molecule has 0 unspecified atom stereocenters. The minimum Gasteiger partial charge on any atom is -0.299 e. The van der Waals surface area contributed by atoms with Crippen LogP contribution in [0.5, 0.6) is 0 Å². The van der Waals surface area contributed by atoms with Crippen molar-refractivity contribution in [3.05, 3.63) is 59.7 Å². The van der Waals surface area contributed by atoms with Crippen molar-refractivity contribution in [2.24, 2.45) is 0 Å². The van der Waals surface area contributed by atoms with Gasteiger partial charge < -0.3 is 0 Å². The maximum absolute atomic E-state index is 12.8. The van der Waals surface area contributed by atoms with Gasteiger partial charge in [0.1, 0.15) is 5.78 Å². The summed E-state index contributed by atoms with van der Waals surface area (Å²) in [5, 5.41) is 0. The van der Waals surface area contributed by atoms with Crippen LogP contribution in [0.15, 0.2) is 36.7 Å². The lowest BCUT2D eigenvalue weighted by molar-refractivity contribution is -0.117. The van der Waals surface area contributed by atoms with Gasteiger partial charge in [-0.05, 0) is 35.4 Å². The molecule has 0 radical (unpaired) electrons. The van der Waals surface area contributed by atoms with E-state index in [0.717, 1.165) is 0 Å². The third kappa shape index (κ3) is 3.41. The molecule has 5 heteroatoms. The topological polar surface area (TPSA) is 42.9 Å². The summed E-state index contributed by atoms with van der Waals surface area (Å²) in [6.07, 6.45) is 2.82. The standard InChI is InChI=1S/C13H10F2N2O/c14-12-7-9(1-3-16-12)5-11(18)6-10-2-4-17-13(15)8-10/h1-4,7-8H,5-6H2. The Hall–Kier alpha value is -2.17. The number of rotatable bonds is 4. The van der Waals surface area contributed by atoms with E-state index < -0.39 is 11.9 Å². The van der Waals surface area contributed by atoms with Crippen molar-refractivity contribution < 1.29 is 13.6 Å². The van der Waals surface area contributed by atoms with Crippen LogP contribution >= 0.6 is 0 Å². The van der Waals surface area contributed by atoms with Crippen LogP contribution in [-0.2, 0) is 17.6 Å². The molecule has 2 heterocycles. The Morgan fingerprint density at radius 2 is 1.39 bits per heavy atom. The Morgan fingerprint density at radius 1 is 0.944 bits per heavy atom. The van der Waals surface area contributed by atoms with Crippen LogP contribution in [-0.4, -0.2) is 15.8 Å².